The van der Waals surface area contributed by atoms with Crippen molar-refractivity contribution in [3.63, 3.8) is 0 Å². The molecule has 3 amide bonds. The number of rotatable bonds is 11. The number of halogens is 2. The van der Waals surface area contributed by atoms with Gasteiger partial charge in [0.25, 0.3) is 5.91 Å². The molecule has 4 aromatic rings. The average Bonchev–Trinajstić information content (AvgIpc) is 3.58. The normalized spacial score (nSPS) is 22.5. The molecule has 0 aliphatic carbocycles. The van der Waals surface area contributed by atoms with Gasteiger partial charge in [-0.05, 0) is 60.1 Å². The van der Waals surface area contributed by atoms with Gasteiger partial charge in [-0.2, -0.15) is 5.10 Å². The number of carbonyl (C=O) groups excluding carboxylic acids is 3. The van der Waals surface area contributed by atoms with E-state index in [0.717, 1.165) is 22.4 Å². The van der Waals surface area contributed by atoms with E-state index < -0.39 is 31.6 Å². The third-order valence-electron chi connectivity index (χ3n) is 10.9. The van der Waals surface area contributed by atoms with E-state index in [1.54, 1.807) is 41.1 Å². The number of benzene rings is 4. The zero-order valence-corrected chi connectivity index (χ0v) is 32.4. The number of hydrazone groups is 1. The molecule has 54 heavy (non-hydrogen) atoms. The van der Waals surface area contributed by atoms with Crippen molar-refractivity contribution in [1.82, 2.24) is 4.90 Å². The van der Waals surface area contributed by atoms with Crippen LogP contribution < -0.4 is 9.91 Å². The van der Waals surface area contributed by atoms with Gasteiger partial charge in [-0.1, -0.05) is 91.3 Å². The van der Waals surface area contributed by atoms with Gasteiger partial charge in [0.05, 0.1) is 42.8 Å². The molecule has 1 fully saturated rings. The molecule has 0 aromatic heterocycles. The second kappa shape index (κ2) is 15.2. The predicted octanol–water partition coefficient (Wildman–Crippen LogP) is 7.60. The van der Waals surface area contributed by atoms with E-state index >= 15 is 4.11 Å². The molecule has 1 saturated heterocycles. The van der Waals surface area contributed by atoms with Crippen molar-refractivity contribution in [1.29, 1.82) is 0 Å². The molecule has 12 heteroatoms. The zero-order valence-electron chi connectivity index (χ0n) is 30.6. The molecule has 9 nitrogen and oxygen atoms in total. The Bertz CT molecular complexity index is 2060. The Labute approximate surface area is 321 Å². The maximum Gasteiger partial charge on any atom is 0.264 e. The van der Waals surface area contributed by atoms with Crippen LogP contribution in [0.3, 0.4) is 0 Å². The fourth-order valence-corrected chi connectivity index (χ4v) is 11.1. The van der Waals surface area contributed by atoms with Crippen molar-refractivity contribution in [2.24, 2.45) is 11.0 Å². The molecule has 4 atom stereocenters. The van der Waals surface area contributed by atoms with Gasteiger partial charge >= 0.3 is 0 Å². The van der Waals surface area contributed by atoms with Gasteiger partial charge in [0.2, 0.25) is 20.2 Å². The molecule has 280 valence electrons. The van der Waals surface area contributed by atoms with Crippen LogP contribution in [0.4, 0.5) is 15.5 Å². The summed E-state index contributed by atoms with van der Waals surface area (Å²) in [6.45, 7) is 5.39. The maximum absolute atomic E-state index is 16.4. The van der Waals surface area contributed by atoms with E-state index in [9.17, 15) is 19.5 Å². The summed E-state index contributed by atoms with van der Waals surface area (Å²) in [7, 11) is -3.55. The molecule has 0 bridgehead atoms. The van der Waals surface area contributed by atoms with Crippen LogP contribution in [-0.2, 0) is 37.8 Å². The Morgan fingerprint density at radius 1 is 0.981 bits per heavy atom. The molecule has 0 saturated carbocycles. The molecular formula is C42H44ClFN4O5Si. The number of aliphatic hydroxyl groups excluding tert-OH is 1. The highest BCUT2D eigenvalue weighted by molar-refractivity contribution is 6.72. The Kier molecular flexibility index (Phi) is 10.6. The lowest BCUT2D eigenvalue weighted by molar-refractivity contribution is -0.150. The Balaban J connectivity index is 1.16. The molecule has 1 spiro atoms. The van der Waals surface area contributed by atoms with E-state index in [4.69, 9.17) is 16.3 Å². The zero-order chi connectivity index (χ0) is 38.2. The number of hydrogen-bond acceptors (Lipinski definition) is 6. The van der Waals surface area contributed by atoms with Crippen molar-refractivity contribution >= 4 is 54.8 Å². The first-order valence-electron chi connectivity index (χ1n) is 18.4. The van der Waals surface area contributed by atoms with Crippen LogP contribution in [-0.4, -0.2) is 61.1 Å². The van der Waals surface area contributed by atoms with Crippen molar-refractivity contribution in [2.75, 3.05) is 23.1 Å². The van der Waals surface area contributed by atoms with Crippen LogP contribution in [0.5, 0.6) is 0 Å². The molecule has 0 unspecified atom stereocenters. The summed E-state index contributed by atoms with van der Waals surface area (Å²) in [5.41, 5.74) is 3.05. The van der Waals surface area contributed by atoms with Gasteiger partial charge in [0.1, 0.15) is 0 Å². The minimum absolute atomic E-state index is 0.0984. The number of fused-ring (bicyclic) bond motifs is 2. The minimum atomic E-state index is -3.55. The smallest absolute Gasteiger partial charge is 0.264 e. The fourth-order valence-electron chi connectivity index (χ4n) is 8.41. The number of amides is 3. The summed E-state index contributed by atoms with van der Waals surface area (Å²) in [5, 5.41) is 16.3. The Morgan fingerprint density at radius 2 is 1.67 bits per heavy atom. The first-order valence-corrected chi connectivity index (χ1v) is 21.7. The van der Waals surface area contributed by atoms with Gasteiger partial charge < -0.3 is 23.8 Å². The van der Waals surface area contributed by atoms with E-state index in [-0.39, 0.29) is 50.4 Å². The van der Waals surface area contributed by atoms with Crippen LogP contribution >= 0.6 is 11.6 Å². The third-order valence-corrected chi connectivity index (χ3v) is 13.6. The van der Waals surface area contributed by atoms with Crippen molar-refractivity contribution < 1.29 is 28.3 Å². The minimum Gasteiger partial charge on any atom is -0.395 e. The summed E-state index contributed by atoms with van der Waals surface area (Å²) >= 11 is 6.56. The van der Waals surface area contributed by atoms with E-state index in [1.807, 2.05) is 91.9 Å². The number of carbonyl (C=O) groups is 3. The largest absolute Gasteiger partial charge is 0.395 e. The molecule has 0 radical (unpaired) electrons. The summed E-state index contributed by atoms with van der Waals surface area (Å²) in [6, 6.07) is 31.9. The SMILES string of the molecule is C[C@@H]1[C@@H]([Si](C)(C)F)[C@H](CC(=O)N(CCO)Cc2ccccc2)O[C@@]12C(=O)N(Cc1ccc(N3N=C(c4ccccc4)CCC3=O)cc1)c1ccc(Cl)cc12. The standard InChI is InChI=1S/C42H44ClFN4O5Si/c1-28-40(54(2,3)44)37(25-39(51)46(22-23-49)26-29-10-6-4-7-11-29)53-42(28)34-24-32(43)16-20-36(34)47(41(42)52)27-30-14-17-33(18-15-30)48-38(50)21-19-35(45-48)31-12-8-5-9-13-31/h4-18,20,24,28,37,40,49H,19,21-23,25-27H2,1-3H3/t28-,37+,40-,42+/m1/s1. The molecule has 1 N–H and O–H groups in total. The fraction of sp³-hybridized carbons (Fsp3) is 0.333. The Hall–Kier alpha value is -4.68. The molecule has 7 rings (SSSR count). The lowest BCUT2D eigenvalue weighted by Gasteiger charge is -2.31. The summed E-state index contributed by atoms with van der Waals surface area (Å²) in [6.07, 6.45) is -0.115. The molecule has 3 heterocycles. The summed E-state index contributed by atoms with van der Waals surface area (Å²) < 4.78 is 23.3. The average molecular weight is 767 g/mol. The maximum atomic E-state index is 16.4. The number of nitrogens with zero attached hydrogens (tertiary/aromatic N) is 4. The van der Waals surface area contributed by atoms with Crippen LogP contribution in [0.1, 0.15) is 48.4 Å². The third kappa shape index (κ3) is 7.13. The number of anilines is 2. The molecular weight excluding hydrogens is 723 g/mol. The number of hydrogen-bond donors (Lipinski definition) is 1. The monoisotopic (exact) mass is 766 g/mol. The van der Waals surface area contributed by atoms with Crippen LogP contribution in [0.25, 0.3) is 0 Å². The molecule has 4 aromatic carbocycles. The highest BCUT2D eigenvalue weighted by Crippen LogP contribution is 2.60. The molecule has 3 aliphatic heterocycles. The molecule has 3 aliphatic rings. The first kappa shape index (κ1) is 37.6. The van der Waals surface area contributed by atoms with E-state index in [2.05, 4.69) is 5.10 Å². The highest BCUT2D eigenvalue weighted by atomic mass is 35.5. The summed E-state index contributed by atoms with van der Waals surface area (Å²) in [4.78, 5) is 44.9. The van der Waals surface area contributed by atoms with Crippen LogP contribution in [0, 0.1) is 5.92 Å². The topological polar surface area (TPSA) is 103 Å². The Morgan fingerprint density at radius 3 is 2.33 bits per heavy atom. The number of aliphatic hydroxyl groups is 1. The predicted molar refractivity (Wildman–Crippen MR) is 210 cm³/mol. The summed E-state index contributed by atoms with van der Waals surface area (Å²) in [5.74, 6) is -1.33. The van der Waals surface area contributed by atoms with Gasteiger partial charge in [-0.15, -0.1) is 0 Å². The van der Waals surface area contributed by atoms with Gasteiger partial charge in [-0.25, -0.2) is 5.01 Å². The van der Waals surface area contributed by atoms with Gasteiger partial charge in [-0.3, -0.25) is 14.4 Å². The van der Waals surface area contributed by atoms with Crippen LogP contribution in [0.2, 0.25) is 23.7 Å². The van der Waals surface area contributed by atoms with Crippen LogP contribution in [0.15, 0.2) is 108 Å². The first-order chi connectivity index (χ1) is 25.9. The lowest BCUT2D eigenvalue weighted by Crippen LogP contribution is -2.45. The quantitative estimate of drug-likeness (QED) is 0.125. The van der Waals surface area contributed by atoms with E-state index in [0.29, 0.717) is 34.8 Å². The van der Waals surface area contributed by atoms with Crippen molar-refractivity contribution in [3.8, 4) is 0 Å². The van der Waals surface area contributed by atoms with Gasteiger partial charge in [0, 0.05) is 48.0 Å². The van der Waals surface area contributed by atoms with E-state index in [1.165, 1.54) is 5.01 Å². The second-order valence-corrected chi connectivity index (χ2v) is 19.1. The second-order valence-electron chi connectivity index (χ2n) is 14.8. The van der Waals surface area contributed by atoms with Gasteiger partial charge in [0.15, 0.2) is 5.60 Å². The van der Waals surface area contributed by atoms with Crippen molar-refractivity contribution in [2.45, 2.75) is 69.6 Å². The lowest BCUT2D eigenvalue weighted by atomic mass is 9.82. The number of ether oxygens (including phenoxy) is 1. The highest BCUT2D eigenvalue weighted by Gasteiger charge is 2.67. The van der Waals surface area contributed by atoms with Crippen molar-refractivity contribution in [3.05, 3.63) is 130 Å².